The third-order valence-electron chi connectivity index (χ3n) is 3.24. The smallest absolute Gasteiger partial charge is 0.0223 e. The lowest BCUT2D eigenvalue weighted by molar-refractivity contribution is 0.195. The van der Waals surface area contributed by atoms with Gasteiger partial charge in [-0.15, -0.1) is 0 Å². The molecule has 1 atom stereocenters. The van der Waals surface area contributed by atoms with Gasteiger partial charge < -0.3 is 5.32 Å². The minimum atomic E-state index is 0.735. The van der Waals surface area contributed by atoms with Crippen LogP contribution < -0.4 is 5.32 Å². The van der Waals surface area contributed by atoms with Gasteiger partial charge in [0.25, 0.3) is 0 Å². The number of likely N-dealkylation sites (N-methyl/N-ethyl adjacent to an activating group) is 1. The first-order valence-electron chi connectivity index (χ1n) is 6.38. The second-order valence-electron chi connectivity index (χ2n) is 4.55. The van der Waals surface area contributed by atoms with E-state index in [4.69, 9.17) is 0 Å². The maximum atomic E-state index is 3.48. The third-order valence-corrected chi connectivity index (χ3v) is 3.24. The maximum Gasteiger partial charge on any atom is 0.0223 e. The Morgan fingerprint density at radius 1 is 1.47 bits per heavy atom. The zero-order valence-corrected chi connectivity index (χ0v) is 10.6. The van der Waals surface area contributed by atoms with Crippen molar-refractivity contribution in [1.82, 2.24) is 10.2 Å². The summed E-state index contributed by atoms with van der Waals surface area (Å²) in [5, 5.41) is 3.48. The first-order valence-corrected chi connectivity index (χ1v) is 6.38. The molecule has 0 aromatic rings. The lowest BCUT2D eigenvalue weighted by Gasteiger charge is -2.33. The largest absolute Gasteiger partial charge is 0.315 e. The Balaban J connectivity index is 2.41. The summed E-state index contributed by atoms with van der Waals surface area (Å²) in [6.07, 6.45) is 6.25. The van der Waals surface area contributed by atoms with Crippen LogP contribution in [0.2, 0.25) is 0 Å². The van der Waals surface area contributed by atoms with Crippen LogP contribution in [0, 0.1) is 0 Å². The number of rotatable bonds is 6. The summed E-state index contributed by atoms with van der Waals surface area (Å²) in [6.45, 7) is 11.4. The molecule has 0 radical (unpaired) electrons. The molecule has 0 spiro atoms. The molecule has 1 aliphatic heterocycles. The summed E-state index contributed by atoms with van der Waals surface area (Å²) in [5.74, 6) is 0. The molecule has 1 unspecified atom stereocenters. The Hall–Kier alpha value is -0.340. The van der Waals surface area contributed by atoms with Crippen molar-refractivity contribution in [2.24, 2.45) is 0 Å². The Labute approximate surface area is 94.7 Å². The van der Waals surface area contributed by atoms with Gasteiger partial charge in [0.1, 0.15) is 0 Å². The van der Waals surface area contributed by atoms with Gasteiger partial charge in [0.15, 0.2) is 0 Å². The fourth-order valence-corrected chi connectivity index (χ4v) is 2.18. The van der Waals surface area contributed by atoms with Crippen molar-refractivity contribution in [3.8, 4) is 0 Å². The SMILES string of the molecule is CCCC(CNCC)N1CC=C(C)CC1. The third kappa shape index (κ3) is 4.35. The lowest BCUT2D eigenvalue weighted by atomic mass is 10.0. The highest BCUT2D eigenvalue weighted by Crippen LogP contribution is 2.14. The second kappa shape index (κ2) is 7.02. The predicted molar refractivity (Wildman–Crippen MR) is 67.2 cm³/mol. The molecule has 1 aliphatic rings. The first-order chi connectivity index (χ1) is 7.27. The van der Waals surface area contributed by atoms with Crippen LogP contribution >= 0.6 is 0 Å². The zero-order valence-electron chi connectivity index (χ0n) is 10.6. The normalized spacial score (nSPS) is 20.1. The molecule has 0 amide bonds. The molecule has 0 saturated heterocycles. The van der Waals surface area contributed by atoms with Crippen LogP contribution in [0.3, 0.4) is 0 Å². The van der Waals surface area contributed by atoms with Crippen molar-refractivity contribution in [3.63, 3.8) is 0 Å². The van der Waals surface area contributed by atoms with E-state index in [1.165, 1.54) is 25.8 Å². The maximum absolute atomic E-state index is 3.48. The molecule has 2 nitrogen and oxygen atoms in total. The fourth-order valence-electron chi connectivity index (χ4n) is 2.18. The minimum Gasteiger partial charge on any atom is -0.315 e. The van der Waals surface area contributed by atoms with Crippen LogP contribution in [0.5, 0.6) is 0 Å². The summed E-state index contributed by atoms with van der Waals surface area (Å²) < 4.78 is 0. The molecule has 1 rings (SSSR count). The van der Waals surface area contributed by atoms with E-state index in [2.05, 4.69) is 37.1 Å². The minimum absolute atomic E-state index is 0.735. The number of hydrogen-bond acceptors (Lipinski definition) is 2. The Morgan fingerprint density at radius 3 is 2.80 bits per heavy atom. The number of nitrogens with one attached hydrogen (secondary N) is 1. The van der Waals surface area contributed by atoms with E-state index >= 15 is 0 Å². The summed E-state index contributed by atoms with van der Waals surface area (Å²) >= 11 is 0. The van der Waals surface area contributed by atoms with Gasteiger partial charge in [-0.1, -0.05) is 31.9 Å². The van der Waals surface area contributed by atoms with Gasteiger partial charge in [0.2, 0.25) is 0 Å². The quantitative estimate of drug-likeness (QED) is 0.677. The summed E-state index contributed by atoms with van der Waals surface area (Å²) in [4.78, 5) is 2.62. The molecule has 0 bridgehead atoms. The van der Waals surface area contributed by atoms with Gasteiger partial charge in [-0.3, -0.25) is 4.90 Å². The number of hydrogen-bond donors (Lipinski definition) is 1. The van der Waals surface area contributed by atoms with E-state index in [0.29, 0.717) is 0 Å². The van der Waals surface area contributed by atoms with Gasteiger partial charge in [0, 0.05) is 25.7 Å². The summed E-state index contributed by atoms with van der Waals surface area (Å²) in [5.41, 5.74) is 1.56. The van der Waals surface area contributed by atoms with Crippen LogP contribution in [0.25, 0.3) is 0 Å². The predicted octanol–water partition coefficient (Wildman–Crippen LogP) is 2.42. The molecule has 2 heteroatoms. The number of nitrogens with zero attached hydrogens (tertiary/aromatic N) is 1. The van der Waals surface area contributed by atoms with Gasteiger partial charge in [0.05, 0.1) is 0 Å². The van der Waals surface area contributed by atoms with E-state index in [9.17, 15) is 0 Å². The molecule has 88 valence electrons. The van der Waals surface area contributed by atoms with E-state index in [0.717, 1.165) is 25.7 Å². The van der Waals surface area contributed by atoms with E-state index in [-0.39, 0.29) is 0 Å². The van der Waals surface area contributed by atoms with Gasteiger partial charge >= 0.3 is 0 Å². The first kappa shape index (κ1) is 12.7. The van der Waals surface area contributed by atoms with Crippen molar-refractivity contribution in [2.45, 2.75) is 46.1 Å². The fraction of sp³-hybridized carbons (Fsp3) is 0.846. The molecular formula is C13H26N2. The Kier molecular flexibility index (Phi) is 5.96. The molecule has 1 heterocycles. The Bertz CT molecular complexity index is 199. The highest BCUT2D eigenvalue weighted by molar-refractivity contribution is 5.04. The van der Waals surface area contributed by atoms with Crippen molar-refractivity contribution in [3.05, 3.63) is 11.6 Å². The average molecular weight is 210 g/mol. The molecule has 0 saturated carbocycles. The highest BCUT2D eigenvalue weighted by Gasteiger charge is 2.18. The molecule has 0 aromatic heterocycles. The standard InChI is InChI=1S/C13H26N2/c1-4-6-13(11-14-5-2)15-9-7-12(3)8-10-15/h7,13-14H,4-6,8-11H2,1-3H3. The lowest BCUT2D eigenvalue weighted by Crippen LogP contribution is -2.44. The van der Waals surface area contributed by atoms with Crippen molar-refractivity contribution >= 4 is 0 Å². The molecule has 0 aromatic carbocycles. The van der Waals surface area contributed by atoms with E-state index in [1.807, 2.05) is 0 Å². The van der Waals surface area contributed by atoms with Crippen LogP contribution in [-0.4, -0.2) is 37.1 Å². The van der Waals surface area contributed by atoms with Crippen LogP contribution in [0.15, 0.2) is 11.6 Å². The van der Waals surface area contributed by atoms with Gasteiger partial charge in [-0.25, -0.2) is 0 Å². The molecular weight excluding hydrogens is 184 g/mol. The van der Waals surface area contributed by atoms with Crippen LogP contribution in [0.4, 0.5) is 0 Å². The van der Waals surface area contributed by atoms with Crippen molar-refractivity contribution in [2.75, 3.05) is 26.2 Å². The molecule has 0 fully saturated rings. The van der Waals surface area contributed by atoms with Gasteiger partial charge in [-0.2, -0.15) is 0 Å². The van der Waals surface area contributed by atoms with Crippen LogP contribution in [0.1, 0.15) is 40.0 Å². The molecule has 15 heavy (non-hydrogen) atoms. The van der Waals surface area contributed by atoms with Crippen molar-refractivity contribution in [1.29, 1.82) is 0 Å². The van der Waals surface area contributed by atoms with Crippen molar-refractivity contribution < 1.29 is 0 Å². The monoisotopic (exact) mass is 210 g/mol. The molecule has 0 aliphatic carbocycles. The topological polar surface area (TPSA) is 15.3 Å². The summed E-state index contributed by atoms with van der Waals surface area (Å²) in [6, 6.07) is 0.735. The Morgan fingerprint density at radius 2 is 2.27 bits per heavy atom. The molecule has 1 N–H and O–H groups in total. The van der Waals surface area contributed by atoms with Gasteiger partial charge in [-0.05, 0) is 26.3 Å². The van der Waals surface area contributed by atoms with E-state index in [1.54, 1.807) is 5.57 Å². The summed E-state index contributed by atoms with van der Waals surface area (Å²) in [7, 11) is 0. The highest BCUT2D eigenvalue weighted by atomic mass is 15.2. The second-order valence-corrected chi connectivity index (χ2v) is 4.55. The van der Waals surface area contributed by atoms with Crippen LogP contribution in [-0.2, 0) is 0 Å². The average Bonchev–Trinajstić information content (AvgIpc) is 2.25. The zero-order chi connectivity index (χ0) is 11.1. The van der Waals surface area contributed by atoms with E-state index < -0.39 is 0 Å².